The Bertz CT molecular complexity index is 809. The molecule has 0 spiro atoms. The van der Waals surface area contributed by atoms with E-state index in [1.807, 2.05) is 6.92 Å². The summed E-state index contributed by atoms with van der Waals surface area (Å²) in [5.74, 6) is -0.791. The van der Waals surface area contributed by atoms with Crippen LogP contribution in [0.3, 0.4) is 0 Å². The smallest absolute Gasteiger partial charge is 0.200 e. The minimum absolute atomic E-state index is 0. The predicted octanol–water partition coefficient (Wildman–Crippen LogP) is 3.73. The zero-order chi connectivity index (χ0) is 20.0. The number of halogens is 3. The van der Waals surface area contributed by atoms with Crippen molar-refractivity contribution in [2.75, 3.05) is 21.3 Å². The largest absolute Gasteiger partial charge is 0.502 e. The first kappa shape index (κ1) is 23.7. The highest BCUT2D eigenvalue weighted by atomic mass is 127. The van der Waals surface area contributed by atoms with Gasteiger partial charge in [0, 0.05) is 13.6 Å². The normalized spacial score (nSPS) is 12.0. The second kappa shape index (κ2) is 10.9. The maximum Gasteiger partial charge on any atom is 0.200 e. The fraction of sp³-hybridized carbons (Fsp3) is 0.316. The van der Waals surface area contributed by atoms with E-state index in [1.54, 1.807) is 19.2 Å². The molecule has 2 aromatic rings. The summed E-state index contributed by atoms with van der Waals surface area (Å²) in [5.41, 5.74) is 1.38. The number of phenolic OH excluding ortho intramolecular Hbond substituents is 1. The minimum Gasteiger partial charge on any atom is -0.502 e. The van der Waals surface area contributed by atoms with Crippen LogP contribution in [0, 0.1) is 11.6 Å². The second-order valence-corrected chi connectivity index (χ2v) is 5.81. The van der Waals surface area contributed by atoms with Crippen LogP contribution in [0.1, 0.15) is 24.1 Å². The van der Waals surface area contributed by atoms with Crippen LogP contribution in [-0.2, 0) is 6.54 Å². The molecular formula is C19H24F2IN3O3. The molecule has 6 nitrogen and oxygen atoms in total. The Labute approximate surface area is 180 Å². The number of benzene rings is 2. The van der Waals surface area contributed by atoms with Gasteiger partial charge in [0.2, 0.25) is 5.75 Å². The lowest BCUT2D eigenvalue weighted by atomic mass is 10.1. The molecule has 0 saturated carbocycles. The van der Waals surface area contributed by atoms with Gasteiger partial charge in [-0.2, -0.15) is 0 Å². The summed E-state index contributed by atoms with van der Waals surface area (Å²) < 4.78 is 36.8. The third-order valence-corrected chi connectivity index (χ3v) is 4.02. The van der Waals surface area contributed by atoms with Crippen LogP contribution >= 0.6 is 24.0 Å². The molecule has 0 aliphatic rings. The van der Waals surface area contributed by atoms with E-state index in [1.165, 1.54) is 20.3 Å². The summed E-state index contributed by atoms with van der Waals surface area (Å²) in [6, 6.07) is 6.81. The Hall–Kier alpha value is -2.30. The van der Waals surface area contributed by atoms with Crippen LogP contribution in [0.25, 0.3) is 0 Å². The molecule has 0 aliphatic carbocycles. The fourth-order valence-electron chi connectivity index (χ4n) is 2.50. The highest BCUT2D eigenvalue weighted by molar-refractivity contribution is 14.0. The number of rotatable bonds is 6. The average Bonchev–Trinajstić information content (AvgIpc) is 2.67. The number of phenols is 1. The Morgan fingerprint density at radius 1 is 1.11 bits per heavy atom. The first-order valence-corrected chi connectivity index (χ1v) is 8.25. The summed E-state index contributed by atoms with van der Waals surface area (Å²) in [6.45, 7) is 2.18. The Morgan fingerprint density at radius 3 is 2.21 bits per heavy atom. The van der Waals surface area contributed by atoms with E-state index in [0.717, 1.165) is 17.7 Å². The maximum absolute atomic E-state index is 13.4. The number of hydrogen-bond donors (Lipinski definition) is 3. The maximum atomic E-state index is 13.4. The van der Waals surface area contributed by atoms with E-state index in [2.05, 4.69) is 15.6 Å². The minimum atomic E-state index is -0.896. The molecule has 0 bridgehead atoms. The average molecular weight is 507 g/mol. The number of nitrogens with one attached hydrogen (secondary N) is 2. The van der Waals surface area contributed by atoms with Gasteiger partial charge < -0.3 is 25.2 Å². The number of hydrogen-bond acceptors (Lipinski definition) is 4. The number of nitrogens with zero attached hydrogens (tertiary/aromatic N) is 1. The lowest BCUT2D eigenvalue weighted by Gasteiger charge is -2.19. The van der Waals surface area contributed by atoms with Crippen LogP contribution in [0.15, 0.2) is 35.3 Å². The predicted molar refractivity (Wildman–Crippen MR) is 115 cm³/mol. The monoisotopic (exact) mass is 507 g/mol. The molecule has 0 radical (unpaired) electrons. The summed E-state index contributed by atoms with van der Waals surface area (Å²) in [6.07, 6.45) is 0. The van der Waals surface area contributed by atoms with Crippen molar-refractivity contribution in [3.63, 3.8) is 0 Å². The molecule has 28 heavy (non-hydrogen) atoms. The zero-order valence-electron chi connectivity index (χ0n) is 16.0. The molecule has 9 heteroatoms. The van der Waals surface area contributed by atoms with Gasteiger partial charge in [0.15, 0.2) is 29.1 Å². The van der Waals surface area contributed by atoms with E-state index in [4.69, 9.17) is 9.47 Å². The quantitative estimate of drug-likeness (QED) is 0.316. The number of guanidine groups is 1. The third-order valence-electron chi connectivity index (χ3n) is 4.02. The van der Waals surface area contributed by atoms with Crippen molar-refractivity contribution in [3.8, 4) is 17.2 Å². The van der Waals surface area contributed by atoms with Gasteiger partial charge in [-0.3, -0.25) is 4.99 Å². The first-order valence-electron chi connectivity index (χ1n) is 8.25. The topological polar surface area (TPSA) is 75.1 Å². The third kappa shape index (κ3) is 5.85. The highest BCUT2D eigenvalue weighted by Crippen LogP contribution is 2.37. The molecule has 0 amide bonds. The van der Waals surface area contributed by atoms with Crippen molar-refractivity contribution in [3.05, 3.63) is 53.1 Å². The van der Waals surface area contributed by atoms with Crippen molar-refractivity contribution in [2.45, 2.75) is 19.5 Å². The van der Waals surface area contributed by atoms with Crippen molar-refractivity contribution >= 4 is 29.9 Å². The summed E-state index contributed by atoms with van der Waals surface area (Å²) in [7, 11) is 4.51. The van der Waals surface area contributed by atoms with Crippen LogP contribution in [0.4, 0.5) is 8.78 Å². The van der Waals surface area contributed by atoms with Crippen molar-refractivity contribution < 1.29 is 23.4 Å². The van der Waals surface area contributed by atoms with Gasteiger partial charge in [0.25, 0.3) is 0 Å². The SMILES string of the molecule is CN=C(NCc1cc(OC)c(O)c(OC)c1)NC(C)c1ccc(F)c(F)c1.I. The number of ether oxygens (including phenoxy) is 2. The molecule has 0 saturated heterocycles. The van der Waals surface area contributed by atoms with Crippen molar-refractivity contribution in [1.82, 2.24) is 10.6 Å². The number of methoxy groups -OCH3 is 2. The highest BCUT2D eigenvalue weighted by Gasteiger charge is 2.13. The van der Waals surface area contributed by atoms with Gasteiger partial charge in [-0.15, -0.1) is 24.0 Å². The standard InChI is InChI=1S/C19H23F2N3O3.HI/c1-11(13-5-6-14(20)15(21)9-13)24-19(22-2)23-10-12-7-16(26-3)18(25)17(8-12)27-4;/h5-9,11,25H,10H2,1-4H3,(H2,22,23,24);1H. The van der Waals surface area contributed by atoms with Crippen LogP contribution in [-0.4, -0.2) is 32.3 Å². The molecule has 154 valence electrons. The molecule has 1 atom stereocenters. The Balaban J connectivity index is 0.00000392. The Morgan fingerprint density at radius 2 is 1.71 bits per heavy atom. The number of aromatic hydroxyl groups is 1. The lowest BCUT2D eigenvalue weighted by Crippen LogP contribution is -2.38. The molecule has 3 N–H and O–H groups in total. The molecule has 0 aromatic heterocycles. The lowest BCUT2D eigenvalue weighted by molar-refractivity contribution is 0.339. The zero-order valence-corrected chi connectivity index (χ0v) is 18.4. The van der Waals surface area contributed by atoms with E-state index in [9.17, 15) is 13.9 Å². The fourth-order valence-corrected chi connectivity index (χ4v) is 2.50. The van der Waals surface area contributed by atoms with E-state index in [-0.39, 0.29) is 35.8 Å². The molecule has 2 rings (SSSR count). The van der Waals surface area contributed by atoms with Crippen LogP contribution < -0.4 is 20.1 Å². The second-order valence-electron chi connectivity index (χ2n) is 5.81. The summed E-state index contributed by atoms with van der Waals surface area (Å²) >= 11 is 0. The molecule has 0 aliphatic heterocycles. The van der Waals surface area contributed by atoms with Gasteiger partial charge in [-0.25, -0.2) is 8.78 Å². The molecule has 1 unspecified atom stereocenters. The van der Waals surface area contributed by atoms with E-state index < -0.39 is 11.6 Å². The summed E-state index contributed by atoms with van der Waals surface area (Å²) in [5, 5.41) is 16.2. The van der Waals surface area contributed by atoms with Gasteiger partial charge in [-0.1, -0.05) is 6.07 Å². The molecule has 0 heterocycles. The van der Waals surface area contributed by atoms with Gasteiger partial charge in [-0.05, 0) is 42.3 Å². The van der Waals surface area contributed by atoms with E-state index in [0.29, 0.717) is 29.6 Å². The number of aliphatic imine (C=N–C) groups is 1. The van der Waals surface area contributed by atoms with E-state index >= 15 is 0 Å². The first-order chi connectivity index (χ1) is 12.9. The van der Waals surface area contributed by atoms with Crippen LogP contribution in [0.5, 0.6) is 17.2 Å². The van der Waals surface area contributed by atoms with Gasteiger partial charge in [0.1, 0.15) is 0 Å². The molecule has 0 fully saturated rings. The van der Waals surface area contributed by atoms with Gasteiger partial charge >= 0.3 is 0 Å². The molecule has 2 aromatic carbocycles. The van der Waals surface area contributed by atoms with Crippen molar-refractivity contribution in [1.29, 1.82) is 0 Å². The molecular weight excluding hydrogens is 483 g/mol. The summed E-state index contributed by atoms with van der Waals surface area (Å²) in [4.78, 5) is 4.13. The van der Waals surface area contributed by atoms with Gasteiger partial charge in [0.05, 0.1) is 20.3 Å². The Kier molecular flexibility index (Phi) is 9.23. The van der Waals surface area contributed by atoms with Crippen molar-refractivity contribution in [2.24, 2.45) is 4.99 Å². The van der Waals surface area contributed by atoms with Crippen LogP contribution in [0.2, 0.25) is 0 Å².